The fraction of sp³-hybridized carbons (Fsp3) is 0.500. The molecule has 1 aliphatic rings. The molecule has 0 aliphatic carbocycles. The molecule has 0 radical (unpaired) electrons. The highest BCUT2D eigenvalue weighted by molar-refractivity contribution is 6.02. The van der Waals surface area contributed by atoms with Crippen molar-refractivity contribution in [3.8, 4) is 5.75 Å². The Morgan fingerprint density at radius 3 is 2.48 bits per heavy atom. The Hall–Kier alpha value is -2.69. The zero-order chi connectivity index (χ0) is 23.0. The Balaban J connectivity index is 2.35. The number of ether oxygens (including phenoxy) is 1. The maximum atomic E-state index is 13.7. The van der Waals surface area contributed by atoms with Crippen molar-refractivity contribution in [3.05, 3.63) is 53.3 Å². The van der Waals surface area contributed by atoms with Crippen LogP contribution in [0.3, 0.4) is 0 Å². The Bertz CT molecular complexity index is 852. The molecule has 1 aromatic carbocycles. The minimum absolute atomic E-state index is 0.0203. The molecular weight excluding hydrogens is 388 g/mol. The van der Waals surface area contributed by atoms with Gasteiger partial charge < -0.3 is 14.4 Å². The summed E-state index contributed by atoms with van der Waals surface area (Å²) < 4.78 is 5.26. The predicted molar refractivity (Wildman–Crippen MR) is 127 cm³/mol. The zero-order valence-corrected chi connectivity index (χ0v) is 19.7. The second-order valence-electron chi connectivity index (χ2n) is 8.33. The summed E-state index contributed by atoms with van der Waals surface area (Å²) in [5, 5.41) is 0. The summed E-state index contributed by atoms with van der Waals surface area (Å²) in [5.74, 6) is 0.690. The van der Waals surface area contributed by atoms with Gasteiger partial charge >= 0.3 is 0 Å². The zero-order valence-electron chi connectivity index (χ0n) is 19.7. The van der Waals surface area contributed by atoms with E-state index in [1.54, 1.807) is 13.3 Å². The van der Waals surface area contributed by atoms with E-state index in [0.29, 0.717) is 13.1 Å². The number of carbonyl (C=O) groups is 2. The van der Waals surface area contributed by atoms with Crippen LogP contribution in [-0.2, 0) is 9.59 Å². The Morgan fingerprint density at radius 2 is 1.94 bits per heavy atom. The second-order valence-corrected chi connectivity index (χ2v) is 8.33. The Labute approximate surface area is 186 Å². The average molecular weight is 425 g/mol. The first-order valence-corrected chi connectivity index (χ1v) is 11.1. The highest BCUT2D eigenvalue weighted by Crippen LogP contribution is 2.32. The van der Waals surface area contributed by atoms with E-state index in [9.17, 15) is 9.59 Å². The Morgan fingerprint density at radius 1 is 1.26 bits per heavy atom. The fourth-order valence-electron chi connectivity index (χ4n) is 4.13. The molecule has 0 bridgehead atoms. The van der Waals surface area contributed by atoms with Gasteiger partial charge in [-0.15, -0.1) is 0 Å². The molecule has 3 atom stereocenters. The average Bonchev–Trinajstić information content (AvgIpc) is 2.81. The van der Waals surface area contributed by atoms with Crippen molar-refractivity contribution in [2.45, 2.75) is 53.4 Å². The van der Waals surface area contributed by atoms with Gasteiger partial charge in [0.05, 0.1) is 7.11 Å². The van der Waals surface area contributed by atoms with Gasteiger partial charge in [0.1, 0.15) is 12.0 Å². The molecular formula is C26H36N2O3. The van der Waals surface area contributed by atoms with Gasteiger partial charge in [-0.3, -0.25) is 9.79 Å². The van der Waals surface area contributed by atoms with Crippen molar-refractivity contribution in [2.75, 3.05) is 20.2 Å². The highest BCUT2D eigenvalue weighted by atomic mass is 16.5. The number of piperidine rings is 1. The van der Waals surface area contributed by atoms with E-state index in [0.717, 1.165) is 47.3 Å². The maximum absolute atomic E-state index is 13.7. The number of aldehydes is 1. The quantitative estimate of drug-likeness (QED) is 0.328. The van der Waals surface area contributed by atoms with Gasteiger partial charge in [0.2, 0.25) is 5.91 Å². The van der Waals surface area contributed by atoms with Gasteiger partial charge in [0.15, 0.2) is 0 Å². The van der Waals surface area contributed by atoms with Crippen molar-refractivity contribution in [3.63, 3.8) is 0 Å². The van der Waals surface area contributed by atoms with Gasteiger partial charge in [-0.2, -0.15) is 0 Å². The lowest BCUT2D eigenvalue weighted by atomic mass is 9.83. The third-order valence-electron chi connectivity index (χ3n) is 6.26. The van der Waals surface area contributed by atoms with Gasteiger partial charge in [0, 0.05) is 48.3 Å². The minimum atomic E-state index is -0.166. The van der Waals surface area contributed by atoms with Gasteiger partial charge in [-0.1, -0.05) is 37.6 Å². The number of rotatable bonds is 8. The smallest absolute Gasteiger partial charge is 0.250 e. The van der Waals surface area contributed by atoms with Crippen molar-refractivity contribution < 1.29 is 14.3 Å². The van der Waals surface area contributed by atoms with Gasteiger partial charge in [-0.05, 0) is 51.3 Å². The number of nitrogens with zero attached hydrogens (tertiary/aromatic N) is 2. The minimum Gasteiger partial charge on any atom is -0.497 e. The third kappa shape index (κ3) is 6.16. The molecule has 3 unspecified atom stereocenters. The molecule has 1 heterocycles. The van der Waals surface area contributed by atoms with Crippen LogP contribution >= 0.6 is 0 Å². The van der Waals surface area contributed by atoms with Gasteiger partial charge in [0.25, 0.3) is 0 Å². The topological polar surface area (TPSA) is 59.0 Å². The van der Waals surface area contributed by atoms with Crippen LogP contribution < -0.4 is 4.74 Å². The maximum Gasteiger partial charge on any atom is 0.250 e. The number of carbonyl (C=O) groups excluding carboxylic acids is 2. The number of hydrogen-bond acceptors (Lipinski definition) is 4. The summed E-state index contributed by atoms with van der Waals surface area (Å²) in [7, 11) is 1.64. The summed E-state index contributed by atoms with van der Waals surface area (Å²) in [6, 6.07) is 7.93. The summed E-state index contributed by atoms with van der Waals surface area (Å²) in [6.45, 7) is 11.1. The van der Waals surface area contributed by atoms with Crippen LogP contribution in [0.25, 0.3) is 0 Å². The van der Waals surface area contributed by atoms with E-state index in [1.165, 1.54) is 0 Å². The molecule has 1 saturated heterocycles. The fourth-order valence-corrected chi connectivity index (χ4v) is 4.13. The first-order chi connectivity index (χ1) is 14.9. The first-order valence-electron chi connectivity index (χ1n) is 11.1. The molecule has 1 fully saturated rings. The lowest BCUT2D eigenvalue weighted by Gasteiger charge is -2.37. The van der Waals surface area contributed by atoms with E-state index in [1.807, 2.05) is 62.9 Å². The van der Waals surface area contributed by atoms with Crippen molar-refractivity contribution in [1.29, 1.82) is 0 Å². The summed E-state index contributed by atoms with van der Waals surface area (Å²) in [4.78, 5) is 31.8. The molecule has 2 rings (SSSR count). The van der Waals surface area contributed by atoms with Crippen LogP contribution in [0, 0.1) is 11.8 Å². The van der Waals surface area contributed by atoms with E-state index in [2.05, 4.69) is 11.9 Å². The van der Waals surface area contributed by atoms with Crippen LogP contribution in [0.15, 0.2) is 52.7 Å². The van der Waals surface area contributed by atoms with E-state index < -0.39 is 0 Å². The normalized spacial score (nSPS) is 21.6. The second kappa shape index (κ2) is 11.6. The Kier molecular flexibility index (Phi) is 9.22. The summed E-state index contributed by atoms with van der Waals surface area (Å²) in [5.41, 5.74) is 3.90. The van der Waals surface area contributed by atoms with Crippen molar-refractivity contribution in [1.82, 2.24) is 4.90 Å². The number of hydrogen-bond donors (Lipinski definition) is 0. The molecule has 1 aromatic rings. The van der Waals surface area contributed by atoms with Crippen molar-refractivity contribution >= 4 is 17.9 Å². The number of amides is 1. The molecule has 5 nitrogen and oxygen atoms in total. The third-order valence-corrected chi connectivity index (χ3v) is 6.26. The number of aliphatic imine (C=N–C) groups is 1. The largest absolute Gasteiger partial charge is 0.497 e. The summed E-state index contributed by atoms with van der Waals surface area (Å²) >= 11 is 0. The molecule has 1 aliphatic heterocycles. The molecule has 5 heteroatoms. The molecule has 1 amide bonds. The van der Waals surface area contributed by atoms with Crippen LogP contribution in [-0.4, -0.2) is 43.0 Å². The van der Waals surface area contributed by atoms with E-state index >= 15 is 0 Å². The highest BCUT2D eigenvalue weighted by Gasteiger charge is 2.34. The monoisotopic (exact) mass is 424 g/mol. The molecule has 0 saturated carbocycles. The van der Waals surface area contributed by atoms with Gasteiger partial charge in [-0.25, -0.2) is 0 Å². The molecule has 31 heavy (non-hydrogen) atoms. The number of likely N-dealkylation sites (tertiary alicyclic amines) is 1. The SMILES string of the molecule is C/C=C\N=C(C)C(C)/C(C(=O)N1CC(C=O)CC(c2ccc(OC)cc2)C1)=C(\C)CC. The number of allylic oxidation sites excluding steroid dienone is 2. The van der Waals surface area contributed by atoms with E-state index in [4.69, 9.17) is 4.74 Å². The first kappa shape index (κ1) is 24.6. The van der Waals surface area contributed by atoms with E-state index in [-0.39, 0.29) is 23.7 Å². The number of methoxy groups -OCH3 is 1. The molecule has 0 spiro atoms. The summed E-state index contributed by atoms with van der Waals surface area (Å²) in [6.07, 6.45) is 6.19. The number of benzene rings is 1. The lowest BCUT2D eigenvalue weighted by Crippen LogP contribution is -2.45. The molecule has 0 N–H and O–H groups in total. The predicted octanol–water partition coefficient (Wildman–Crippen LogP) is 5.18. The molecule has 0 aromatic heterocycles. The van der Waals surface area contributed by atoms with Crippen LogP contribution in [0.1, 0.15) is 58.9 Å². The van der Waals surface area contributed by atoms with Crippen LogP contribution in [0.5, 0.6) is 5.75 Å². The van der Waals surface area contributed by atoms with Crippen molar-refractivity contribution in [2.24, 2.45) is 16.8 Å². The van der Waals surface area contributed by atoms with Crippen LogP contribution in [0.4, 0.5) is 0 Å². The molecule has 168 valence electrons. The lowest BCUT2D eigenvalue weighted by molar-refractivity contribution is -0.130. The standard InChI is InChI=1S/C26H36N2O3/c1-7-13-27-20(5)19(4)25(18(3)8-2)26(30)28-15-21(17-29)14-23(16-28)22-9-11-24(31-6)12-10-22/h7,9-13,17,19,21,23H,8,14-16H2,1-6H3/b13-7-,25-18-,27-20?. The van der Waals surface area contributed by atoms with Crippen LogP contribution in [0.2, 0.25) is 0 Å².